The van der Waals surface area contributed by atoms with E-state index in [-0.39, 0.29) is 5.84 Å². The van der Waals surface area contributed by atoms with Gasteiger partial charge in [0.15, 0.2) is 0 Å². The van der Waals surface area contributed by atoms with Crippen LogP contribution in [0.15, 0.2) is 36.2 Å². The molecule has 1 unspecified atom stereocenters. The predicted octanol–water partition coefficient (Wildman–Crippen LogP) is 2.67. The van der Waals surface area contributed by atoms with Gasteiger partial charge in [0, 0.05) is 47.5 Å². The highest BCUT2D eigenvalue weighted by molar-refractivity contribution is 6.02. The van der Waals surface area contributed by atoms with Crippen LogP contribution in [0.25, 0.3) is 10.9 Å². The maximum absolute atomic E-state index is 8.02. The summed E-state index contributed by atoms with van der Waals surface area (Å²) in [5.41, 5.74) is 7.11. The summed E-state index contributed by atoms with van der Waals surface area (Å²) < 4.78 is 0. The van der Waals surface area contributed by atoms with Gasteiger partial charge in [0.1, 0.15) is 17.5 Å². The molecule has 3 aliphatic rings. The average molecular weight is 363 g/mol. The number of hydrogen-bond acceptors (Lipinski definition) is 6. The van der Waals surface area contributed by atoms with E-state index in [1.165, 1.54) is 25.7 Å². The van der Waals surface area contributed by atoms with Gasteiger partial charge in [-0.25, -0.2) is 4.98 Å². The first-order valence-corrected chi connectivity index (χ1v) is 9.66. The van der Waals surface area contributed by atoms with E-state index in [4.69, 9.17) is 16.1 Å². The molecule has 5 heterocycles. The lowest BCUT2D eigenvalue weighted by atomic mass is 9.68. The fourth-order valence-electron chi connectivity index (χ4n) is 4.98. The van der Waals surface area contributed by atoms with Crippen LogP contribution < -0.4 is 16.4 Å². The third-order valence-electron chi connectivity index (χ3n) is 6.04. The zero-order valence-corrected chi connectivity index (χ0v) is 15.4. The van der Waals surface area contributed by atoms with E-state index in [0.29, 0.717) is 17.6 Å². The summed E-state index contributed by atoms with van der Waals surface area (Å²) in [6, 6.07) is 8.67. The lowest BCUT2D eigenvalue weighted by Gasteiger charge is -2.66. The van der Waals surface area contributed by atoms with Crippen LogP contribution in [0.2, 0.25) is 0 Å². The van der Waals surface area contributed by atoms with Crippen molar-refractivity contribution in [2.45, 2.75) is 56.8 Å². The second kappa shape index (κ2) is 6.20. The van der Waals surface area contributed by atoms with Gasteiger partial charge in [0.05, 0.1) is 5.52 Å². The van der Waals surface area contributed by atoms with Crippen molar-refractivity contribution >= 4 is 28.4 Å². The number of fused-ring (bicyclic) bond motifs is 1. The molecule has 5 rings (SSSR count). The van der Waals surface area contributed by atoms with E-state index in [1.54, 1.807) is 19.2 Å². The van der Waals surface area contributed by atoms with E-state index in [0.717, 1.165) is 34.8 Å². The van der Waals surface area contributed by atoms with Crippen molar-refractivity contribution in [1.82, 2.24) is 14.9 Å². The van der Waals surface area contributed by atoms with E-state index in [2.05, 4.69) is 26.6 Å². The highest BCUT2D eigenvalue weighted by Gasteiger charge is 2.54. The topological polar surface area (TPSA) is 103 Å². The number of amidine groups is 1. The summed E-state index contributed by atoms with van der Waals surface area (Å²) in [6.07, 6.45) is 8.43. The Morgan fingerprint density at radius 2 is 2.00 bits per heavy atom. The van der Waals surface area contributed by atoms with Gasteiger partial charge in [-0.15, -0.1) is 0 Å². The van der Waals surface area contributed by atoms with E-state index in [9.17, 15) is 0 Å². The van der Waals surface area contributed by atoms with Gasteiger partial charge in [0.25, 0.3) is 0 Å². The minimum Gasteiger partial charge on any atom is -0.402 e. The summed E-state index contributed by atoms with van der Waals surface area (Å²) in [6.45, 7) is 1.76. The van der Waals surface area contributed by atoms with Gasteiger partial charge in [-0.1, -0.05) is 0 Å². The molecule has 0 radical (unpaired) electrons. The largest absolute Gasteiger partial charge is 0.402 e. The first-order valence-electron chi connectivity index (χ1n) is 9.66. The van der Waals surface area contributed by atoms with Gasteiger partial charge in [-0.2, -0.15) is 0 Å². The van der Waals surface area contributed by atoms with Crippen molar-refractivity contribution in [3.8, 4) is 0 Å². The number of nitrogens with two attached hydrogens (primary N) is 1. The molecular formula is C20H25N7. The van der Waals surface area contributed by atoms with Crippen LogP contribution in [0.4, 0.5) is 11.6 Å². The van der Waals surface area contributed by atoms with Crippen LogP contribution in [-0.4, -0.2) is 44.9 Å². The van der Waals surface area contributed by atoms with Crippen LogP contribution in [-0.2, 0) is 0 Å². The first-order chi connectivity index (χ1) is 13.1. The minimum atomic E-state index is 0.215. The fourth-order valence-corrected chi connectivity index (χ4v) is 4.98. The number of anilines is 2. The summed E-state index contributed by atoms with van der Waals surface area (Å²) >= 11 is 0. The summed E-state index contributed by atoms with van der Waals surface area (Å²) in [5, 5.41) is 15.7. The molecule has 0 saturated carbocycles. The quantitative estimate of drug-likeness (QED) is 0.492. The molecule has 0 aromatic carbocycles. The first kappa shape index (κ1) is 16.5. The molecule has 5 N–H and O–H groups in total. The number of aromatic nitrogens is 2. The zero-order chi connectivity index (χ0) is 18.5. The number of allylic oxidation sites excluding steroid dienone is 1. The number of rotatable bonds is 4. The number of piperidine rings is 2. The molecule has 7 nitrogen and oxygen atoms in total. The molecule has 2 aromatic heterocycles. The van der Waals surface area contributed by atoms with Gasteiger partial charge in [-0.05, 0) is 50.8 Å². The lowest BCUT2D eigenvalue weighted by Crippen LogP contribution is -2.73. The third-order valence-corrected chi connectivity index (χ3v) is 6.04. The maximum atomic E-state index is 8.02. The van der Waals surface area contributed by atoms with Gasteiger partial charge < -0.3 is 16.4 Å². The van der Waals surface area contributed by atoms with Crippen molar-refractivity contribution in [3.63, 3.8) is 0 Å². The predicted molar refractivity (Wildman–Crippen MR) is 108 cm³/mol. The van der Waals surface area contributed by atoms with Gasteiger partial charge in [0.2, 0.25) is 0 Å². The molecule has 7 heteroatoms. The van der Waals surface area contributed by atoms with Crippen molar-refractivity contribution in [2.75, 3.05) is 10.6 Å². The molecule has 0 bridgehead atoms. The van der Waals surface area contributed by atoms with Crippen LogP contribution >= 0.6 is 0 Å². The number of hydrogen-bond donors (Lipinski definition) is 4. The van der Waals surface area contributed by atoms with E-state index in [1.807, 2.05) is 12.1 Å². The van der Waals surface area contributed by atoms with E-state index < -0.39 is 0 Å². The minimum absolute atomic E-state index is 0.215. The van der Waals surface area contributed by atoms with Crippen molar-refractivity contribution < 1.29 is 0 Å². The Bertz CT molecular complexity index is 917. The third kappa shape index (κ3) is 2.92. The van der Waals surface area contributed by atoms with Crippen molar-refractivity contribution in [2.24, 2.45) is 5.73 Å². The van der Waals surface area contributed by atoms with Crippen molar-refractivity contribution in [3.05, 3.63) is 36.2 Å². The molecule has 0 spiro atoms. The second-order valence-corrected chi connectivity index (χ2v) is 8.05. The van der Waals surface area contributed by atoms with Crippen LogP contribution in [0, 0.1) is 5.41 Å². The van der Waals surface area contributed by atoms with Crippen molar-refractivity contribution in [1.29, 1.82) is 5.41 Å². The van der Waals surface area contributed by atoms with Gasteiger partial charge in [-0.3, -0.25) is 15.3 Å². The maximum Gasteiger partial charge on any atom is 0.138 e. The molecule has 0 aliphatic carbocycles. The Balaban J connectivity index is 1.41. The SMILES string of the molecule is C/C(N)=C/C(=N)Nc1cc2ncccc2c(N[C@@H]2C[C@H]3CC4C[C@@H](C2)N43)n1. The summed E-state index contributed by atoms with van der Waals surface area (Å²) in [5.74, 6) is 1.67. The highest BCUT2D eigenvalue weighted by Crippen LogP contribution is 2.49. The Labute approximate surface area is 158 Å². The smallest absolute Gasteiger partial charge is 0.138 e. The lowest BCUT2D eigenvalue weighted by molar-refractivity contribution is -0.146. The standard InChI is InChI=1S/C20H25N7/c1-11(21)5-18(22)25-19-10-17-16(3-2-4-23-17)20(26-19)24-12-6-13-8-15-9-14(7-12)27(13)15/h2-5,10,12-15H,6-9,21H2,1H3,(H3,22,24,25,26)/b11-5-/t12-,13+,14-,15?. The van der Waals surface area contributed by atoms with Gasteiger partial charge >= 0.3 is 0 Å². The molecular weight excluding hydrogens is 338 g/mol. The molecule has 4 atom stereocenters. The summed E-state index contributed by atoms with van der Waals surface area (Å²) in [7, 11) is 0. The molecule has 3 saturated heterocycles. The molecule has 140 valence electrons. The second-order valence-electron chi connectivity index (χ2n) is 8.05. The molecule has 3 aliphatic heterocycles. The Hall–Kier alpha value is -2.67. The number of pyridine rings is 2. The monoisotopic (exact) mass is 363 g/mol. The normalized spacial score (nSPS) is 29.4. The van der Waals surface area contributed by atoms with Crippen LogP contribution in [0.3, 0.4) is 0 Å². The van der Waals surface area contributed by atoms with Crippen LogP contribution in [0.1, 0.15) is 32.6 Å². The molecule has 2 aromatic rings. The fraction of sp³-hybridized carbons (Fsp3) is 0.450. The molecule has 3 fully saturated rings. The van der Waals surface area contributed by atoms with E-state index >= 15 is 0 Å². The average Bonchev–Trinajstić information content (AvgIpc) is 2.56. The Kier molecular flexibility index (Phi) is 3.79. The number of nitrogens with one attached hydrogen (secondary N) is 3. The zero-order valence-electron chi connectivity index (χ0n) is 15.4. The molecule has 27 heavy (non-hydrogen) atoms. The Morgan fingerprint density at radius 3 is 2.70 bits per heavy atom. The highest BCUT2D eigenvalue weighted by atomic mass is 15.3. The Morgan fingerprint density at radius 1 is 1.26 bits per heavy atom. The summed E-state index contributed by atoms with van der Waals surface area (Å²) in [4.78, 5) is 11.9. The number of nitrogens with zero attached hydrogens (tertiary/aromatic N) is 3. The molecule has 0 amide bonds. The van der Waals surface area contributed by atoms with Crippen LogP contribution in [0.5, 0.6) is 0 Å².